The van der Waals surface area contributed by atoms with Gasteiger partial charge >= 0.3 is 0 Å². The molecule has 0 unspecified atom stereocenters. The van der Waals surface area contributed by atoms with Crippen LogP contribution in [0.1, 0.15) is 21.6 Å². The summed E-state index contributed by atoms with van der Waals surface area (Å²) >= 11 is 0. The molecule has 8 heteroatoms. The van der Waals surface area contributed by atoms with Gasteiger partial charge in [-0.15, -0.1) is 0 Å². The molecule has 0 atom stereocenters. The minimum atomic E-state index is -0.694. The Morgan fingerprint density at radius 1 is 0.939 bits per heavy atom. The number of amides is 1. The number of pyridine rings is 1. The molecule has 0 aliphatic heterocycles. The van der Waals surface area contributed by atoms with Crippen LogP contribution < -0.4 is 5.32 Å². The SMILES string of the molecule is O=C(NCc1cc(F)cc(F)c1)c1nc(-c2cn(Cc3ccccc3)cn2)n2ccccc12. The summed E-state index contributed by atoms with van der Waals surface area (Å²) in [4.78, 5) is 21.9. The van der Waals surface area contributed by atoms with Gasteiger partial charge in [0.25, 0.3) is 5.91 Å². The van der Waals surface area contributed by atoms with Gasteiger partial charge in [-0.2, -0.15) is 0 Å². The number of nitrogens with zero attached hydrogens (tertiary/aromatic N) is 4. The minimum Gasteiger partial charge on any atom is -0.347 e. The third kappa shape index (κ3) is 4.36. The third-order valence-electron chi connectivity index (χ3n) is 5.21. The summed E-state index contributed by atoms with van der Waals surface area (Å²) in [5.41, 5.74) is 2.90. The fraction of sp³-hybridized carbons (Fsp3) is 0.0800. The van der Waals surface area contributed by atoms with Gasteiger partial charge in [0, 0.05) is 31.5 Å². The lowest BCUT2D eigenvalue weighted by Crippen LogP contribution is -2.23. The van der Waals surface area contributed by atoms with Crippen molar-refractivity contribution in [1.82, 2.24) is 24.3 Å². The molecule has 0 spiro atoms. The van der Waals surface area contributed by atoms with Crippen molar-refractivity contribution in [3.63, 3.8) is 0 Å². The highest BCUT2D eigenvalue weighted by molar-refractivity contribution is 5.99. The molecule has 5 aromatic rings. The van der Waals surface area contributed by atoms with Crippen LogP contribution in [0, 0.1) is 11.6 Å². The Kier molecular flexibility index (Phi) is 5.40. The molecular formula is C25H19F2N5O. The summed E-state index contributed by atoms with van der Waals surface area (Å²) in [5, 5.41) is 2.69. The van der Waals surface area contributed by atoms with E-state index in [0.717, 1.165) is 11.6 Å². The van der Waals surface area contributed by atoms with E-state index in [0.29, 0.717) is 29.1 Å². The quantitative estimate of drug-likeness (QED) is 0.422. The molecule has 0 aliphatic carbocycles. The summed E-state index contributed by atoms with van der Waals surface area (Å²) < 4.78 is 30.6. The highest BCUT2D eigenvalue weighted by Gasteiger charge is 2.19. The summed E-state index contributed by atoms with van der Waals surface area (Å²) in [7, 11) is 0. The van der Waals surface area contributed by atoms with Crippen LogP contribution in [0.4, 0.5) is 8.78 Å². The van der Waals surface area contributed by atoms with Crippen LogP contribution in [-0.2, 0) is 13.1 Å². The number of halogens is 2. The van der Waals surface area contributed by atoms with Gasteiger partial charge in [-0.25, -0.2) is 18.7 Å². The number of hydrogen-bond acceptors (Lipinski definition) is 3. The predicted molar refractivity (Wildman–Crippen MR) is 119 cm³/mol. The second-order valence-electron chi connectivity index (χ2n) is 7.62. The molecule has 0 aliphatic rings. The highest BCUT2D eigenvalue weighted by Crippen LogP contribution is 2.22. The molecule has 5 rings (SSSR count). The van der Waals surface area contributed by atoms with Crippen molar-refractivity contribution in [3.05, 3.63) is 114 Å². The van der Waals surface area contributed by atoms with Crippen LogP contribution in [0.3, 0.4) is 0 Å². The number of aromatic nitrogens is 4. The van der Waals surface area contributed by atoms with Crippen molar-refractivity contribution < 1.29 is 13.6 Å². The van der Waals surface area contributed by atoms with Crippen molar-refractivity contribution in [2.45, 2.75) is 13.1 Å². The van der Waals surface area contributed by atoms with E-state index in [2.05, 4.69) is 15.3 Å². The van der Waals surface area contributed by atoms with Gasteiger partial charge in [-0.1, -0.05) is 36.4 Å². The van der Waals surface area contributed by atoms with Crippen LogP contribution >= 0.6 is 0 Å². The Morgan fingerprint density at radius 2 is 1.70 bits per heavy atom. The van der Waals surface area contributed by atoms with Crippen LogP contribution in [0.2, 0.25) is 0 Å². The summed E-state index contributed by atoms with van der Waals surface area (Å²) in [6, 6.07) is 18.6. The summed E-state index contributed by atoms with van der Waals surface area (Å²) in [6.45, 7) is 0.634. The standard InChI is InChI=1S/C25H19F2N5O/c26-19-10-18(11-20(27)12-19)13-28-25(33)23-22-8-4-5-9-32(22)24(30-23)21-15-31(16-29-21)14-17-6-2-1-3-7-17/h1-12,15-16H,13-14H2,(H,28,33). The van der Waals surface area contributed by atoms with E-state index in [4.69, 9.17) is 0 Å². The van der Waals surface area contributed by atoms with Crippen LogP contribution in [-0.4, -0.2) is 24.8 Å². The van der Waals surface area contributed by atoms with E-state index in [1.807, 2.05) is 59.4 Å². The molecular weight excluding hydrogens is 424 g/mol. The number of fused-ring (bicyclic) bond motifs is 1. The first kappa shape index (κ1) is 20.6. The lowest BCUT2D eigenvalue weighted by molar-refractivity contribution is 0.0948. The maximum Gasteiger partial charge on any atom is 0.272 e. The first-order valence-corrected chi connectivity index (χ1v) is 10.3. The summed E-state index contributed by atoms with van der Waals surface area (Å²) in [6.07, 6.45) is 5.42. The molecule has 164 valence electrons. The number of nitrogens with one attached hydrogen (secondary N) is 1. The monoisotopic (exact) mass is 443 g/mol. The maximum absolute atomic E-state index is 13.4. The number of carbonyl (C=O) groups excluding carboxylic acids is 1. The molecule has 6 nitrogen and oxygen atoms in total. The Hall–Kier alpha value is -4.33. The topological polar surface area (TPSA) is 64.2 Å². The van der Waals surface area contributed by atoms with Gasteiger partial charge in [0.2, 0.25) is 0 Å². The van der Waals surface area contributed by atoms with Crippen LogP contribution in [0.5, 0.6) is 0 Å². The van der Waals surface area contributed by atoms with Crippen LogP contribution in [0.15, 0.2) is 85.5 Å². The van der Waals surface area contributed by atoms with E-state index in [9.17, 15) is 13.6 Å². The molecule has 3 aromatic heterocycles. The first-order valence-electron chi connectivity index (χ1n) is 10.3. The second-order valence-corrected chi connectivity index (χ2v) is 7.62. The normalized spacial score (nSPS) is 11.1. The third-order valence-corrected chi connectivity index (χ3v) is 5.21. The number of rotatable bonds is 6. The molecule has 0 fully saturated rings. The van der Waals surface area contributed by atoms with E-state index in [1.54, 1.807) is 16.8 Å². The Balaban J connectivity index is 1.42. The molecule has 33 heavy (non-hydrogen) atoms. The van der Waals surface area contributed by atoms with E-state index >= 15 is 0 Å². The van der Waals surface area contributed by atoms with Gasteiger partial charge in [-0.05, 0) is 35.4 Å². The Labute approximate surface area is 188 Å². The molecule has 1 amide bonds. The Morgan fingerprint density at radius 3 is 2.48 bits per heavy atom. The molecule has 3 heterocycles. The molecule has 0 saturated carbocycles. The van der Waals surface area contributed by atoms with Gasteiger partial charge in [0.05, 0.1) is 11.8 Å². The van der Waals surface area contributed by atoms with Gasteiger partial charge in [-0.3, -0.25) is 9.20 Å². The van der Waals surface area contributed by atoms with Crippen molar-refractivity contribution in [2.75, 3.05) is 0 Å². The van der Waals surface area contributed by atoms with Crippen molar-refractivity contribution in [1.29, 1.82) is 0 Å². The zero-order valence-corrected chi connectivity index (χ0v) is 17.5. The highest BCUT2D eigenvalue weighted by atomic mass is 19.1. The maximum atomic E-state index is 13.4. The van der Waals surface area contributed by atoms with E-state index in [1.165, 1.54) is 12.1 Å². The van der Waals surface area contributed by atoms with E-state index in [-0.39, 0.29) is 12.2 Å². The smallest absolute Gasteiger partial charge is 0.272 e. The van der Waals surface area contributed by atoms with Crippen molar-refractivity contribution >= 4 is 11.4 Å². The lowest BCUT2D eigenvalue weighted by Gasteiger charge is -2.04. The molecule has 1 N–H and O–H groups in total. The Bertz CT molecular complexity index is 1420. The predicted octanol–water partition coefficient (Wildman–Crippen LogP) is 4.45. The van der Waals surface area contributed by atoms with E-state index < -0.39 is 17.5 Å². The van der Waals surface area contributed by atoms with Gasteiger partial charge < -0.3 is 9.88 Å². The largest absolute Gasteiger partial charge is 0.347 e. The average Bonchev–Trinajstić information content (AvgIpc) is 3.42. The number of imidazole rings is 2. The number of carbonyl (C=O) groups is 1. The first-order chi connectivity index (χ1) is 16.1. The second kappa shape index (κ2) is 8.66. The lowest BCUT2D eigenvalue weighted by atomic mass is 10.2. The average molecular weight is 443 g/mol. The molecule has 0 bridgehead atoms. The molecule has 0 radical (unpaired) electrons. The zero-order valence-electron chi connectivity index (χ0n) is 17.5. The summed E-state index contributed by atoms with van der Waals surface area (Å²) in [5.74, 6) is -1.31. The van der Waals surface area contributed by atoms with Crippen molar-refractivity contribution in [3.8, 4) is 11.5 Å². The van der Waals surface area contributed by atoms with Crippen molar-refractivity contribution in [2.24, 2.45) is 0 Å². The fourth-order valence-corrected chi connectivity index (χ4v) is 3.72. The molecule has 2 aromatic carbocycles. The molecule has 0 saturated heterocycles. The zero-order chi connectivity index (χ0) is 22.8. The van der Waals surface area contributed by atoms with Gasteiger partial charge in [0.15, 0.2) is 11.5 Å². The van der Waals surface area contributed by atoms with Gasteiger partial charge in [0.1, 0.15) is 17.3 Å². The fourth-order valence-electron chi connectivity index (χ4n) is 3.72. The van der Waals surface area contributed by atoms with Crippen LogP contribution in [0.25, 0.3) is 17.0 Å². The number of hydrogen-bond donors (Lipinski definition) is 1. The minimum absolute atomic E-state index is 0.0274. The number of benzene rings is 2.